The van der Waals surface area contributed by atoms with Crippen LogP contribution >= 0.6 is 11.3 Å². The number of guanidine groups is 1. The Morgan fingerprint density at radius 3 is 2.96 bits per heavy atom. The minimum absolute atomic E-state index is 0.739. The zero-order chi connectivity index (χ0) is 16.8. The Labute approximate surface area is 148 Å². The number of nitrogens with zero attached hydrogens (tertiary/aromatic N) is 4. The molecule has 24 heavy (non-hydrogen) atoms. The van der Waals surface area contributed by atoms with Crippen molar-refractivity contribution in [3.05, 3.63) is 16.1 Å². The number of rotatable bonds is 5. The summed E-state index contributed by atoms with van der Waals surface area (Å²) in [7, 11) is 1.88. The number of aryl methyl sites for hydroxylation is 1. The molecule has 1 aromatic rings. The lowest BCUT2D eigenvalue weighted by Gasteiger charge is -2.29. The van der Waals surface area contributed by atoms with Gasteiger partial charge in [0.05, 0.1) is 18.2 Å². The predicted molar refractivity (Wildman–Crippen MR) is 98.9 cm³/mol. The standard InChI is InChI=1S/C17H29N5OS/c1-14-11-20-16(24-14)3-5-19-17(18-2)22-6-4-15(13-22)12-21-7-9-23-10-8-21/h11,15H,3-10,12-13H2,1-2H3,(H,18,19). The normalized spacial score (nSPS) is 23.0. The van der Waals surface area contributed by atoms with Gasteiger partial charge in [-0.1, -0.05) is 0 Å². The van der Waals surface area contributed by atoms with Gasteiger partial charge in [0.25, 0.3) is 0 Å². The predicted octanol–water partition coefficient (Wildman–Crippen LogP) is 1.22. The molecule has 6 nitrogen and oxygen atoms in total. The molecule has 0 radical (unpaired) electrons. The number of hydrogen-bond acceptors (Lipinski definition) is 5. The lowest BCUT2D eigenvalue weighted by Crippen LogP contribution is -2.42. The van der Waals surface area contributed by atoms with Crippen LogP contribution in [0.2, 0.25) is 0 Å². The van der Waals surface area contributed by atoms with Gasteiger partial charge < -0.3 is 15.0 Å². The number of likely N-dealkylation sites (tertiary alicyclic amines) is 1. The molecule has 0 saturated carbocycles. The van der Waals surface area contributed by atoms with Crippen molar-refractivity contribution in [3.63, 3.8) is 0 Å². The fraction of sp³-hybridized carbons (Fsp3) is 0.765. The average molecular weight is 352 g/mol. The molecule has 2 aliphatic rings. The summed E-state index contributed by atoms with van der Waals surface area (Å²) < 4.78 is 5.44. The number of hydrogen-bond donors (Lipinski definition) is 1. The Balaban J connectivity index is 1.41. The summed E-state index contributed by atoms with van der Waals surface area (Å²) in [6, 6.07) is 0. The molecular formula is C17H29N5OS. The van der Waals surface area contributed by atoms with Crippen molar-refractivity contribution in [3.8, 4) is 0 Å². The van der Waals surface area contributed by atoms with E-state index in [1.54, 1.807) is 11.3 Å². The summed E-state index contributed by atoms with van der Waals surface area (Å²) in [5.41, 5.74) is 0. The topological polar surface area (TPSA) is 53.0 Å². The number of morpholine rings is 1. The molecule has 0 aliphatic carbocycles. The van der Waals surface area contributed by atoms with Crippen molar-refractivity contribution >= 4 is 17.3 Å². The Morgan fingerprint density at radius 2 is 2.25 bits per heavy atom. The van der Waals surface area contributed by atoms with Crippen LogP contribution in [0, 0.1) is 12.8 Å². The number of thiazole rings is 1. The molecule has 3 rings (SSSR count). The van der Waals surface area contributed by atoms with Gasteiger partial charge in [-0.15, -0.1) is 11.3 Å². The zero-order valence-corrected chi connectivity index (χ0v) is 15.6. The van der Waals surface area contributed by atoms with Crippen LogP contribution in [-0.2, 0) is 11.2 Å². The smallest absolute Gasteiger partial charge is 0.193 e. The van der Waals surface area contributed by atoms with Gasteiger partial charge in [0.1, 0.15) is 0 Å². The van der Waals surface area contributed by atoms with Crippen LogP contribution in [0.15, 0.2) is 11.2 Å². The number of nitrogens with one attached hydrogen (secondary N) is 1. The van der Waals surface area contributed by atoms with E-state index >= 15 is 0 Å². The molecule has 1 unspecified atom stereocenters. The maximum Gasteiger partial charge on any atom is 0.193 e. The maximum atomic E-state index is 5.44. The van der Waals surface area contributed by atoms with Gasteiger partial charge in [-0.25, -0.2) is 4.98 Å². The highest BCUT2D eigenvalue weighted by molar-refractivity contribution is 7.11. The van der Waals surface area contributed by atoms with Crippen molar-refractivity contribution < 1.29 is 4.74 Å². The minimum Gasteiger partial charge on any atom is -0.379 e. The second kappa shape index (κ2) is 8.78. The van der Waals surface area contributed by atoms with E-state index in [1.807, 2.05) is 13.2 Å². The van der Waals surface area contributed by atoms with Crippen molar-refractivity contribution in [2.75, 3.05) is 59.5 Å². The van der Waals surface area contributed by atoms with Crippen LogP contribution in [0.3, 0.4) is 0 Å². The molecule has 0 spiro atoms. The number of aliphatic imine (C=N–C) groups is 1. The number of aromatic nitrogens is 1. The molecule has 0 bridgehead atoms. The minimum atomic E-state index is 0.739. The molecule has 0 aromatic carbocycles. The zero-order valence-electron chi connectivity index (χ0n) is 14.8. The Kier molecular flexibility index (Phi) is 6.45. The molecule has 2 aliphatic heterocycles. The van der Waals surface area contributed by atoms with Crippen molar-refractivity contribution in [1.29, 1.82) is 0 Å². The third-order valence-electron chi connectivity index (χ3n) is 4.71. The molecule has 2 saturated heterocycles. The lowest BCUT2D eigenvalue weighted by molar-refractivity contribution is 0.0315. The Bertz CT molecular complexity index is 541. The summed E-state index contributed by atoms with van der Waals surface area (Å²) in [4.78, 5) is 15.1. The van der Waals surface area contributed by atoms with Crippen molar-refractivity contribution in [2.45, 2.75) is 19.8 Å². The van der Waals surface area contributed by atoms with Crippen molar-refractivity contribution in [2.24, 2.45) is 10.9 Å². The fourth-order valence-corrected chi connectivity index (χ4v) is 4.24. The third-order valence-corrected chi connectivity index (χ3v) is 5.68. The van der Waals surface area contributed by atoms with E-state index in [2.05, 4.69) is 32.0 Å². The molecule has 0 amide bonds. The van der Waals surface area contributed by atoms with E-state index in [-0.39, 0.29) is 0 Å². The Morgan fingerprint density at radius 1 is 1.42 bits per heavy atom. The van der Waals surface area contributed by atoms with Crippen LogP contribution in [0.1, 0.15) is 16.3 Å². The second-order valence-corrected chi connectivity index (χ2v) is 7.92. The van der Waals surface area contributed by atoms with Crippen LogP contribution in [0.4, 0.5) is 0 Å². The fourth-order valence-electron chi connectivity index (χ4n) is 3.45. The molecule has 134 valence electrons. The molecule has 3 heterocycles. The first kappa shape index (κ1) is 17.6. The average Bonchev–Trinajstić information content (AvgIpc) is 3.22. The third kappa shape index (κ3) is 4.91. The summed E-state index contributed by atoms with van der Waals surface area (Å²) in [6.07, 6.45) is 4.16. The SMILES string of the molecule is CN=C(NCCc1ncc(C)s1)N1CCC(CN2CCOCC2)C1. The largest absolute Gasteiger partial charge is 0.379 e. The first-order valence-corrected chi connectivity index (χ1v) is 9.73. The molecular weight excluding hydrogens is 322 g/mol. The molecule has 7 heteroatoms. The highest BCUT2D eigenvalue weighted by Crippen LogP contribution is 2.18. The van der Waals surface area contributed by atoms with Gasteiger partial charge >= 0.3 is 0 Å². The van der Waals surface area contributed by atoms with E-state index < -0.39 is 0 Å². The second-order valence-electron chi connectivity index (χ2n) is 6.60. The summed E-state index contributed by atoms with van der Waals surface area (Å²) in [5.74, 6) is 1.77. The van der Waals surface area contributed by atoms with Crippen LogP contribution in [0.25, 0.3) is 0 Å². The van der Waals surface area contributed by atoms with Gasteiger partial charge in [0.15, 0.2) is 5.96 Å². The molecule has 1 atom stereocenters. The Hall–Kier alpha value is -1.18. The molecule has 1 N–H and O–H groups in total. The van der Waals surface area contributed by atoms with Gasteiger partial charge in [-0.2, -0.15) is 0 Å². The van der Waals surface area contributed by atoms with Gasteiger partial charge in [0, 0.05) is 63.8 Å². The summed E-state index contributed by atoms with van der Waals surface area (Å²) in [6.45, 7) is 10.3. The van der Waals surface area contributed by atoms with Crippen molar-refractivity contribution in [1.82, 2.24) is 20.1 Å². The van der Waals surface area contributed by atoms with E-state index in [0.29, 0.717) is 0 Å². The number of ether oxygens (including phenoxy) is 1. The van der Waals surface area contributed by atoms with Crippen LogP contribution in [0.5, 0.6) is 0 Å². The van der Waals surface area contributed by atoms with E-state index in [4.69, 9.17) is 4.74 Å². The van der Waals surface area contributed by atoms with Crippen LogP contribution < -0.4 is 5.32 Å². The lowest BCUT2D eigenvalue weighted by atomic mass is 10.1. The monoisotopic (exact) mass is 351 g/mol. The van der Waals surface area contributed by atoms with Gasteiger partial charge in [-0.05, 0) is 19.3 Å². The van der Waals surface area contributed by atoms with E-state index in [9.17, 15) is 0 Å². The van der Waals surface area contributed by atoms with Crippen LogP contribution in [-0.4, -0.2) is 80.3 Å². The quantitative estimate of drug-likeness (QED) is 0.639. The molecule has 1 aromatic heterocycles. The molecule has 2 fully saturated rings. The first-order chi connectivity index (χ1) is 11.7. The summed E-state index contributed by atoms with van der Waals surface area (Å²) >= 11 is 1.78. The van der Waals surface area contributed by atoms with E-state index in [1.165, 1.54) is 22.9 Å². The van der Waals surface area contributed by atoms with E-state index in [0.717, 1.165) is 64.2 Å². The maximum absolute atomic E-state index is 5.44. The van der Waals surface area contributed by atoms with Gasteiger partial charge in [0.2, 0.25) is 0 Å². The first-order valence-electron chi connectivity index (χ1n) is 8.91. The van der Waals surface area contributed by atoms with Gasteiger partial charge in [-0.3, -0.25) is 9.89 Å². The highest BCUT2D eigenvalue weighted by Gasteiger charge is 2.26. The summed E-state index contributed by atoms with van der Waals surface area (Å²) in [5, 5.41) is 4.70. The highest BCUT2D eigenvalue weighted by atomic mass is 32.1.